The summed E-state index contributed by atoms with van der Waals surface area (Å²) in [6.45, 7) is 2.06. The van der Waals surface area contributed by atoms with Gasteiger partial charge in [-0.1, -0.05) is 0 Å². The zero-order chi connectivity index (χ0) is 13.7. The number of aromatic nitrogens is 1. The molecule has 0 aliphatic heterocycles. The van der Waals surface area contributed by atoms with Crippen molar-refractivity contribution >= 4 is 28.6 Å². The molecule has 0 aliphatic carbocycles. The van der Waals surface area contributed by atoms with E-state index in [1.807, 2.05) is 22.6 Å². The Balaban J connectivity index is 3.10. The Hall–Kier alpha value is -0.830. The number of carbonyl (C=O) groups excluding carboxylic acids is 1. The van der Waals surface area contributed by atoms with E-state index in [1.54, 1.807) is 6.92 Å². The van der Waals surface area contributed by atoms with E-state index in [4.69, 9.17) is 10.5 Å². The number of pyridine rings is 1. The summed E-state index contributed by atoms with van der Waals surface area (Å²) in [5, 5.41) is 0. The Morgan fingerprint density at radius 1 is 1.61 bits per heavy atom. The van der Waals surface area contributed by atoms with Crippen molar-refractivity contribution < 1.29 is 18.3 Å². The third kappa shape index (κ3) is 3.84. The zero-order valence-corrected chi connectivity index (χ0v) is 11.9. The molecule has 0 saturated heterocycles. The summed E-state index contributed by atoms with van der Waals surface area (Å²) in [7, 11) is 0. The van der Waals surface area contributed by atoms with Gasteiger partial charge < -0.3 is 10.5 Å². The van der Waals surface area contributed by atoms with Crippen molar-refractivity contribution in [1.29, 1.82) is 0 Å². The summed E-state index contributed by atoms with van der Waals surface area (Å²) in [4.78, 5) is 15.2. The molecule has 0 amide bonds. The Morgan fingerprint density at radius 2 is 2.28 bits per heavy atom. The van der Waals surface area contributed by atoms with Gasteiger partial charge in [-0.05, 0) is 35.6 Å². The topological polar surface area (TPSA) is 65.2 Å². The van der Waals surface area contributed by atoms with Crippen LogP contribution >= 0.6 is 22.6 Å². The minimum Gasteiger partial charge on any atom is -0.466 e. The van der Waals surface area contributed by atoms with Gasteiger partial charge >= 0.3 is 5.97 Å². The first-order valence-corrected chi connectivity index (χ1v) is 6.39. The third-order valence-corrected chi connectivity index (χ3v) is 3.18. The van der Waals surface area contributed by atoms with Crippen LogP contribution in [0.1, 0.15) is 30.3 Å². The molecule has 2 N–H and O–H groups in total. The lowest BCUT2D eigenvalue weighted by molar-refractivity contribution is -0.142. The van der Waals surface area contributed by atoms with Crippen molar-refractivity contribution in [1.82, 2.24) is 4.98 Å². The maximum Gasteiger partial charge on any atom is 0.311 e. The van der Waals surface area contributed by atoms with E-state index in [9.17, 15) is 13.6 Å². The highest BCUT2D eigenvalue weighted by molar-refractivity contribution is 14.1. The fourth-order valence-electron chi connectivity index (χ4n) is 1.43. The Morgan fingerprint density at radius 3 is 2.78 bits per heavy atom. The molecule has 0 fully saturated rings. The van der Waals surface area contributed by atoms with Crippen LogP contribution in [0.15, 0.2) is 6.07 Å². The number of rotatable bonds is 5. The third-order valence-electron chi connectivity index (χ3n) is 2.22. The highest BCUT2D eigenvalue weighted by atomic mass is 127. The molecule has 0 atom stereocenters. The van der Waals surface area contributed by atoms with Crippen molar-refractivity contribution in [3.05, 3.63) is 26.6 Å². The summed E-state index contributed by atoms with van der Waals surface area (Å²) in [5.74, 6) is -0.498. The predicted molar refractivity (Wildman–Crippen MR) is 70.1 cm³/mol. The van der Waals surface area contributed by atoms with Gasteiger partial charge in [0.25, 0.3) is 6.43 Å². The van der Waals surface area contributed by atoms with Gasteiger partial charge in [-0.2, -0.15) is 0 Å². The summed E-state index contributed by atoms with van der Waals surface area (Å²) in [6, 6.07) is 1.28. The molecule has 0 bridgehead atoms. The highest BCUT2D eigenvalue weighted by Crippen LogP contribution is 2.23. The fourth-order valence-corrected chi connectivity index (χ4v) is 2.28. The molecule has 4 nitrogen and oxygen atoms in total. The number of halogens is 3. The molecule has 1 heterocycles. The van der Waals surface area contributed by atoms with E-state index in [0.29, 0.717) is 9.13 Å². The van der Waals surface area contributed by atoms with E-state index in [1.165, 1.54) is 6.07 Å². The van der Waals surface area contributed by atoms with E-state index >= 15 is 0 Å². The van der Waals surface area contributed by atoms with Gasteiger partial charge in [0.2, 0.25) is 0 Å². The molecule has 100 valence electrons. The van der Waals surface area contributed by atoms with Crippen molar-refractivity contribution in [2.75, 3.05) is 6.61 Å². The van der Waals surface area contributed by atoms with Crippen molar-refractivity contribution in [2.24, 2.45) is 5.73 Å². The monoisotopic (exact) mass is 370 g/mol. The van der Waals surface area contributed by atoms with Crippen molar-refractivity contribution in [2.45, 2.75) is 26.3 Å². The molecule has 0 aliphatic rings. The van der Waals surface area contributed by atoms with Gasteiger partial charge in [-0.15, -0.1) is 0 Å². The van der Waals surface area contributed by atoms with Crippen LogP contribution in [0.4, 0.5) is 8.78 Å². The first-order valence-electron chi connectivity index (χ1n) is 5.31. The van der Waals surface area contributed by atoms with Gasteiger partial charge in [-0.3, -0.25) is 9.78 Å². The molecular formula is C11H13F2IN2O2. The van der Waals surface area contributed by atoms with Gasteiger partial charge in [0.1, 0.15) is 5.69 Å². The largest absolute Gasteiger partial charge is 0.466 e. The lowest BCUT2D eigenvalue weighted by Crippen LogP contribution is -2.15. The summed E-state index contributed by atoms with van der Waals surface area (Å²) < 4.78 is 30.6. The molecular weight excluding hydrogens is 357 g/mol. The molecule has 0 spiro atoms. The van der Waals surface area contributed by atoms with Gasteiger partial charge in [0.15, 0.2) is 0 Å². The second-order valence-electron chi connectivity index (χ2n) is 3.44. The summed E-state index contributed by atoms with van der Waals surface area (Å²) in [5.41, 5.74) is 6.06. The fraction of sp³-hybridized carbons (Fsp3) is 0.455. The number of esters is 1. The standard InChI is InChI=1S/C11H13F2IN2O2/c1-2-18-10(17)4-8-6(5-15)7(14)3-9(16-8)11(12)13/h3,11H,2,4-5,15H2,1H3. The number of carbonyl (C=O) groups is 1. The van der Waals surface area contributed by atoms with Crippen LogP contribution in [0.3, 0.4) is 0 Å². The zero-order valence-electron chi connectivity index (χ0n) is 9.75. The number of hydrogen-bond acceptors (Lipinski definition) is 4. The Labute approximate surface area is 117 Å². The minimum atomic E-state index is -2.67. The lowest BCUT2D eigenvalue weighted by Gasteiger charge is -2.11. The number of alkyl halides is 2. The van der Waals surface area contributed by atoms with E-state index in [-0.39, 0.29) is 31.0 Å². The van der Waals surface area contributed by atoms with Crippen molar-refractivity contribution in [3.8, 4) is 0 Å². The van der Waals surface area contributed by atoms with E-state index in [0.717, 1.165) is 0 Å². The average molecular weight is 370 g/mol. The molecule has 1 aromatic rings. The predicted octanol–water partition coefficient (Wildman–Crippen LogP) is 2.19. The summed E-state index contributed by atoms with van der Waals surface area (Å²) >= 11 is 1.91. The lowest BCUT2D eigenvalue weighted by atomic mass is 10.1. The quantitative estimate of drug-likeness (QED) is 0.638. The van der Waals surface area contributed by atoms with Crippen LogP contribution in [0.25, 0.3) is 0 Å². The first-order chi connectivity index (χ1) is 8.49. The number of hydrogen-bond donors (Lipinski definition) is 1. The second-order valence-corrected chi connectivity index (χ2v) is 4.60. The molecule has 1 rings (SSSR count). The van der Waals surface area contributed by atoms with Crippen LogP contribution in [-0.4, -0.2) is 17.6 Å². The van der Waals surface area contributed by atoms with Gasteiger partial charge in [0, 0.05) is 15.7 Å². The van der Waals surface area contributed by atoms with E-state index < -0.39 is 12.4 Å². The Kier molecular flexibility index (Phi) is 5.86. The van der Waals surface area contributed by atoms with Crippen LogP contribution in [-0.2, 0) is 22.5 Å². The van der Waals surface area contributed by atoms with Crippen LogP contribution < -0.4 is 5.73 Å². The Bertz CT molecular complexity index is 441. The molecule has 7 heteroatoms. The molecule has 0 saturated carbocycles. The van der Waals surface area contributed by atoms with Crippen LogP contribution in [0, 0.1) is 3.57 Å². The number of nitrogens with zero attached hydrogens (tertiary/aromatic N) is 1. The number of ether oxygens (including phenoxy) is 1. The number of nitrogens with two attached hydrogens (primary N) is 1. The highest BCUT2D eigenvalue weighted by Gasteiger charge is 2.18. The molecule has 0 unspecified atom stereocenters. The SMILES string of the molecule is CCOC(=O)Cc1nc(C(F)F)cc(I)c1CN. The van der Waals surface area contributed by atoms with Crippen LogP contribution in [0.5, 0.6) is 0 Å². The van der Waals surface area contributed by atoms with Crippen molar-refractivity contribution in [3.63, 3.8) is 0 Å². The molecule has 0 aromatic carbocycles. The average Bonchev–Trinajstić information content (AvgIpc) is 2.28. The first kappa shape index (κ1) is 15.2. The minimum absolute atomic E-state index is 0.142. The van der Waals surface area contributed by atoms with Crippen LogP contribution in [0.2, 0.25) is 0 Å². The normalized spacial score (nSPS) is 10.8. The second kappa shape index (κ2) is 6.93. The molecule has 0 radical (unpaired) electrons. The smallest absolute Gasteiger partial charge is 0.311 e. The summed E-state index contributed by atoms with van der Waals surface area (Å²) in [6.07, 6.45) is -2.82. The van der Waals surface area contributed by atoms with Gasteiger partial charge in [0.05, 0.1) is 18.7 Å². The molecule has 18 heavy (non-hydrogen) atoms. The maximum atomic E-state index is 12.6. The molecule has 1 aromatic heterocycles. The van der Waals surface area contributed by atoms with E-state index in [2.05, 4.69) is 4.98 Å². The van der Waals surface area contributed by atoms with Gasteiger partial charge in [-0.25, -0.2) is 8.78 Å². The maximum absolute atomic E-state index is 12.6.